The Labute approximate surface area is 104 Å². The van der Waals surface area contributed by atoms with Crippen LogP contribution in [0.1, 0.15) is 26.0 Å². The molecule has 0 radical (unpaired) electrons. The molecule has 0 amide bonds. The van der Waals surface area contributed by atoms with Crippen molar-refractivity contribution < 1.29 is 0 Å². The molecule has 0 saturated carbocycles. The molecule has 0 atom stereocenters. The third kappa shape index (κ3) is 5.79. The van der Waals surface area contributed by atoms with Gasteiger partial charge in [0.1, 0.15) is 0 Å². The summed E-state index contributed by atoms with van der Waals surface area (Å²) >= 11 is 0. The highest BCUT2D eigenvalue weighted by molar-refractivity contribution is 4.90. The molecular formula is C12H25N5. The lowest BCUT2D eigenvalue weighted by Gasteiger charge is -2.17. The zero-order chi connectivity index (χ0) is 12.7. The van der Waals surface area contributed by atoms with E-state index < -0.39 is 0 Å². The van der Waals surface area contributed by atoms with Crippen molar-refractivity contribution in [1.82, 2.24) is 25.2 Å². The summed E-state index contributed by atoms with van der Waals surface area (Å²) in [5.74, 6) is 0.769. The lowest BCUT2D eigenvalue weighted by molar-refractivity contribution is 0.292. The van der Waals surface area contributed by atoms with Gasteiger partial charge < -0.3 is 10.2 Å². The van der Waals surface area contributed by atoms with Crippen molar-refractivity contribution in [2.45, 2.75) is 33.4 Å². The fourth-order valence-electron chi connectivity index (χ4n) is 1.57. The molecule has 1 N–H and O–H groups in total. The fourth-order valence-corrected chi connectivity index (χ4v) is 1.57. The van der Waals surface area contributed by atoms with E-state index in [4.69, 9.17) is 0 Å². The van der Waals surface area contributed by atoms with Crippen LogP contribution in [0.2, 0.25) is 0 Å². The predicted molar refractivity (Wildman–Crippen MR) is 69.7 cm³/mol. The normalized spacial score (nSPS) is 11.6. The van der Waals surface area contributed by atoms with E-state index in [1.165, 1.54) is 6.42 Å². The van der Waals surface area contributed by atoms with Gasteiger partial charge in [0.15, 0.2) is 0 Å². The van der Waals surface area contributed by atoms with Crippen molar-refractivity contribution >= 4 is 0 Å². The SMILES string of the molecule is CNCc1cn(CCN(C)CCC(C)C)nn1. The van der Waals surface area contributed by atoms with Gasteiger partial charge >= 0.3 is 0 Å². The van der Waals surface area contributed by atoms with Crippen LogP contribution in [0.15, 0.2) is 6.20 Å². The molecule has 1 heterocycles. The highest BCUT2D eigenvalue weighted by atomic mass is 15.4. The van der Waals surface area contributed by atoms with Crippen molar-refractivity contribution in [3.8, 4) is 0 Å². The minimum atomic E-state index is 0.769. The molecule has 0 spiro atoms. The van der Waals surface area contributed by atoms with Gasteiger partial charge in [-0.05, 0) is 33.0 Å². The Morgan fingerprint density at radius 3 is 2.82 bits per heavy atom. The molecule has 0 aliphatic heterocycles. The average Bonchev–Trinajstić information content (AvgIpc) is 2.72. The summed E-state index contributed by atoms with van der Waals surface area (Å²) < 4.78 is 1.92. The molecule has 0 aliphatic carbocycles. The standard InChI is InChI=1S/C12H25N5/c1-11(2)5-6-16(4)7-8-17-10-12(9-13-3)14-15-17/h10-11,13H,5-9H2,1-4H3. The van der Waals surface area contributed by atoms with Gasteiger partial charge in [0.25, 0.3) is 0 Å². The van der Waals surface area contributed by atoms with Crippen molar-refractivity contribution in [3.63, 3.8) is 0 Å². The number of hydrogen-bond donors (Lipinski definition) is 1. The first-order valence-corrected chi connectivity index (χ1v) is 6.34. The summed E-state index contributed by atoms with van der Waals surface area (Å²) in [5, 5.41) is 11.3. The van der Waals surface area contributed by atoms with Gasteiger partial charge in [0.2, 0.25) is 0 Å². The van der Waals surface area contributed by atoms with Crippen LogP contribution < -0.4 is 5.32 Å². The summed E-state index contributed by atoms with van der Waals surface area (Å²) in [6.07, 6.45) is 3.26. The van der Waals surface area contributed by atoms with Gasteiger partial charge in [-0.2, -0.15) is 0 Å². The number of nitrogens with one attached hydrogen (secondary N) is 1. The van der Waals surface area contributed by atoms with Gasteiger partial charge in [-0.3, -0.25) is 4.68 Å². The van der Waals surface area contributed by atoms with Crippen LogP contribution in [-0.2, 0) is 13.1 Å². The molecule has 5 nitrogen and oxygen atoms in total. The first-order valence-electron chi connectivity index (χ1n) is 6.34. The van der Waals surface area contributed by atoms with E-state index in [2.05, 4.69) is 41.4 Å². The Morgan fingerprint density at radius 1 is 1.41 bits per heavy atom. The zero-order valence-corrected chi connectivity index (χ0v) is 11.5. The topological polar surface area (TPSA) is 46.0 Å². The number of aromatic nitrogens is 3. The van der Waals surface area contributed by atoms with Gasteiger partial charge in [0.05, 0.1) is 12.2 Å². The molecule has 5 heteroatoms. The second-order valence-corrected chi connectivity index (χ2v) is 4.99. The van der Waals surface area contributed by atoms with E-state index in [0.29, 0.717) is 0 Å². The van der Waals surface area contributed by atoms with Crippen LogP contribution in [-0.4, -0.2) is 47.1 Å². The Bertz CT molecular complexity index is 308. The van der Waals surface area contributed by atoms with Crippen molar-refractivity contribution in [2.24, 2.45) is 5.92 Å². The maximum Gasteiger partial charge on any atom is 0.0964 e. The van der Waals surface area contributed by atoms with Gasteiger partial charge in [-0.25, -0.2) is 0 Å². The van der Waals surface area contributed by atoms with Crippen LogP contribution in [0, 0.1) is 5.92 Å². The minimum absolute atomic E-state index is 0.769. The number of rotatable bonds is 8. The average molecular weight is 239 g/mol. The summed E-state index contributed by atoms with van der Waals surface area (Å²) in [5.41, 5.74) is 0.998. The molecule has 0 unspecified atom stereocenters. The molecule has 98 valence electrons. The molecule has 0 bridgehead atoms. The second-order valence-electron chi connectivity index (χ2n) is 4.99. The molecule has 0 aromatic carbocycles. The molecule has 0 fully saturated rings. The molecule has 0 saturated heterocycles. The lowest BCUT2D eigenvalue weighted by Crippen LogP contribution is -2.25. The quantitative estimate of drug-likeness (QED) is 0.734. The van der Waals surface area contributed by atoms with E-state index in [1.807, 2.05) is 17.9 Å². The largest absolute Gasteiger partial charge is 0.314 e. The zero-order valence-electron chi connectivity index (χ0n) is 11.5. The Balaban J connectivity index is 2.24. The van der Waals surface area contributed by atoms with Crippen LogP contribution in [0.4, 0.5) is 0 Å². The lowest BCUT2D eigenvalue weighted by atomic mass is 10.1. The molecule has 0 aliphatic rings. The van der Waals surface area contributed by atoms with Crippen LogP contribution >= 0.6 is 0 Å². The maximum atomic E-state index is 4.10. The summed E-state index contributed by atoms with van der Waals surface area (Å²) in [6.45, 7) is 8.38. The Hall–Kier alpha value is -0.940. The number of hydrogen-bond acceptors (Lipinski definition) is 4. The third-order valence-corrected chi connectivity index (χ3v) is 2.74. The van der Waals surface area contributed by atoms with Crippen molar-refractivity contribution in [3.05, 3.63) is 11.9 Å². The van der Waals surface area contributed by atoms with Gasteiger partial charge in [-0.1, -0.05) is 19.1 Å². The number of likely N-dealkylation sites (N-methyl/N-ethyl adjacent to an activating group) is 1. The van der Waals surface area contributed by atoms with Crippen molar-refractivity contribution in [2.75, 3.05) is 27.2 Å². The fraction of sp³-hybridized carbons (Fsp3) is 0.833. The third-order valence-electron chi connectivity index (χ3n) is 2.74. The molecule has 1 aromatic heterocycles. The molecule has 1 rings (SSSR count). The van der Waals surface area contributed by atoms with Gasteiger partial charge in [-0.15, -0.1) is 5.10 Å². The van der Waals surface area contributed by atoms with E-state index >= 15 is 0 Å². The summed E-state index contributed by atoms with van der Waals surface area (Å²) in [4.78, 5) is 2.35. The summed E-state index contributed by atoms with van der Waals surface area (Å²) in [6, 6.07) is 0. The smallest absolute Gasteiger partial charge is 0.0964 e. The predicted octanol–water partition coefficient (Wildman–Crippen LogP) is 0.975. The van der Waals surface area contributed by atoms with Gasteiger partial charge in [0, 0.05) is 19.3 Å². The Morgan fingerprint density at radius 2 is 2.18 bits per heavy atom. The highest BCUT2D eigenvalue weighted by Gasteiger charge is 2.03. The van der Waals surface area contributed by atoms with Crippen molar-refractivity contribution in [1.29, 1.82) is 0 Å². The molecule has 17 heavy (non-hydrogen) atoms. The summed E-state index contributed by atoms with van der Waals surface area (Å²) in [7, 11) is 4.08. The maximum absolute atomic E-state index is 4.10. The van der Waals surface area contributed by atoms with E-state index in [-0.39, 0.29) is 0 Å². The van der Waals surface area contributed by atoms with E-state index in [0.717, 1.165) is 37.8 Å². The first-order chi connectivity index (χ1) is 8.11. The van der Waals surface area contributed by atoms with E-state index in [1.54, 1.807) is 0 Å². The second kappa shape index (κ2) is 7.40. The molecule has 1 aromatic rings. The van der Waals surface area contributed by atoms with E-state index in [9.17, 15) is 0 Å². The minimum Gasteiger partial charge on any atom is -0.314 e. The Kier molecular flexibility index (Phi) is 6.15. The van der Waals surface area contributed by atoms with Crippen LogP contribution in [0.5, 0.6) is 0 Å². The number of nitrogens with zero attached hydrogens (tertiary/aromatic N) is 4. The van der Waals surface area contributed by atoms with Crippen LogP contribution in [0.25, 0.3) is 0 Å². The highest BCUT2D eigenvalue weighted by Crippen LogP contribution is 2.00. The van der Waals surface area contributed by atoms with Crippen LogP contribution in [0.3, 0.4) is 0 Å². The monoisotopic (exact) mass is 239 g/mol. The first kappa shape index (κ1) is 14.1. The molecular weight excluding hydrogens is 214 g/mol.